The molecule has 2 aliphatic carbocycles. The van der Waals surface area contributed by atoms with Crippen LogP contribution in [0.2, 0.25) is 0 Å². The van der Waals surface area contributed by atoms with Gasteiger partial charge in [-0.05, 0) is 71.0 Å². The first kappa shape index (κ1) is 16.7. The van der Waals surface area contributed by atoms with Crippen LogP contribution in [0.5, 0.6) is 0 Å². The molecule has 1 aromatic heterocycles. The summed E-state index contributed by atoms with van der Waals surface area (Å²) in [6, 6.07) is 17.6. The van der Waals surface area contributed by atoms with E-state index in [1.807, 2.05) is 0 Å². The van der Waals surface area contributed by atoms with Crippen LogP contribution in [-0.2, 0) is 0 Å². The molecule has 0 fully saturated rings. The molecular formula is C28H23N. The summed E-state index contributed by atoms with van der Waals surface area (Å²) in [5, 5.41) is 9.25. The van der Waals surface area contributed by atoms with Crippen LogP contribution in [0.1, 0.15) is 31.2 Å². The Hall–Kier alpha value is -3.19. The second-order valence-corrected chi connectivity index (χ2v) is 8.15. The van der Waals surface area contributed by atoms with Crippen LogP contribution in [0.3, 0.4) is 0 Å². The van der Waals surface area contributed by atoms with Gasteiger partial charge in [-0.3, -0.25) is 0 Å². The van der Waals surface area contributed by atoms with Gasteiger partial charge in [-0.1, -0.05) is 66.8 Å². The SMILES string of the molecule is Cc1c2c(c(-c3c4c(nc5ccccc35)=CCCC=4)c3ccccc13)=CCCC=2. The zero-order chi connectivity index (χ0) is 19.4. The molecule has 1 nitrogen and oxygen atoms in total. The fraction of sp³-hybridized carbons (Fsp3) is 0.179. The van der Waals surface area contributed by atoms with Crippen molar-refractivity contribution in [2.45, 2.75) is 32.6 Å². The highest BCUT2D eigenvalue weighted by atomic mass is 14.7. The molecule has 3 aromatic carbocycles. The number of hydrogen-bond acceptors (Lipinski definition) is 1. The van der Waals surface area contributed by atoms with Crippen molar-refractivity contribution in [2.24, 2.45) is 0 Å². The van der Waals surface area contributed by atoms with Crippen LogP contribution in [0, 0.1) is 6.92 Å². The van der Waals surface area contributed by atoms with Crippen LogP contribution in [-0.4, -0.2) is 4.98 Å². The van der Waals surface area contributed by atoms with E-state index in [9.17, 15) is 0 Å². The first-order valence-electron chi connectivity index (χ1n) is 10.6. The number of rotatable bonds is 1. The molecule has 6 rings (SSSR count). The summed E-state index contributed by atoms with van der Waals surface area (Å²) in [4.78, 5) is 5.01. The Morgan fingerprint density at radius 1 is 0.586 bits per heavy atom. The van der Waals surface area contributed by atoms with Gasteiger partial charge in [0.15, 0.2) is 0 Å². The van der Waals surface area contributed by atoms with Gasteiger partial charge in [0.2, 0.25) is 0 Å². The zero-order valence-corrected chi connectivity index (χ0v) is 16.7. The molecule has 1 heterocycles. The van der Waals surface area contributed by atoms with Crippen LogP contribution >= 0.6 is 0 Å². The summed E-state index contributed by atoms with van der Waals surface area (Å²) in [5.74, 6) is 0. The van der Waals surface area contributed by atoms with E-state index in [2.05, 4.69) is 79.8 Å². The maximum atomic E-state index is 5.01. The monoisotopic (exact) mass is 373 g/mol. The summed E-state index contributed by atoms with van der Waals surface area (Å²) in [6.45, 7) is 2.28. The van der Waals surface area contributed by atoms with Crippen molar-refractivity contribution < 1.29 is 0 Å². The lowest BCUT2D eigenvalue weighted by molar-refractivity contribution is 1.09. The van der Waals surface area contributed by atoms with Crippen molar-refractivity contribution in [1.82, 2.24) is 4.98 Å². The van der Waals surface area contributed by atoms with Crippen LogP contribution in [0.15, 0.2) is 48.5 Å². The Morgan fingerprint density at radius 3 is 2.00 bits per heavy atom. The first-order valence-corrected chi connectivity index (χ1v) is 10.6. The predicted molar refractivity (Wildman–Crippen MR) is 124 cm³/mol. The number of fused-ring (bicyclic) bond motifs is 4. The van der Waals surface area contributed by atoms with E-state index < -0.39 is 0 Å². The van der Waals surface area contributed by atoms with Gasteiger partial charge in [-0.2, -0.15) is 0 Å². The molecule has 2 aliphatic rings. The standard InChI is InChI=1S/C28H23N/c1-18-19-10-2-4-12-21(19)27(22-13-5-3-11-20(18)22)28-23-14-6-8-16-25(23)29-26-17-9-7-15-24(26)28/h2,4,6,8,10-17H,3,5,7,9H2,1H3. The Kier molecular flexibility index (Phi) is 3.70. The van der Waals surface area contributed by atoms with Gasteiger partial charge in [0, 0.05) is 16.2 Å². The third-order valence-electron chi connectivity index (χ3n) is 6.49. The summed E-state index contributed by atoms with van der Waals surface area (Å²) >= 11 is 0. The lowest BCUT2D eigenvalue weighted by Crippen LogP contribution is -2.37. The molecule has 0 N–H and O–H groups in total. The second-order valence-electron chi connectivity index (χ2n) is 8.15. The van der Waals surface area contributed by atoms with Crippen molar-refractivity contribution in [2.75, 3.05) is 0 Å². The van der Waals surface area contributed by atoms with Gasteiger partial charge in [0.25, 0.3) is 0 Å². The highest BCUT2D eigenvalue weighted by Crippen LogP contribution is 2.29. The molecule has 4 aromatic rings. The molecule has 0 amide bonds. The summed E-state index contributed by atoms with van der Waals surface area (Å²) in [7, 11) is 0. The zero-order valence-electron chi connectivity index (χ0n) is 16.7. The molecule has 29 heavy (non-hydrogen) atoms. The molecule has 0 atom stereocenters. The highest BCUT2D eigenvalue weighted by Gasteiger charge is 2.17. The number of aryl methyl sites for hydroxylation is 1. The lowest BCUT2D eigenvalue weighted by Gasteiger charge is -2.18. The van der Waals surface area contributed by atoms with E-state index in [4.69, 9.17) is 4.98 Å². The maximum absolute atomic E-state index is 5.01. The van der Waals surface area contributed by atoms with E-state index in [0.717, 1.165) is 36.5 Å². The predicted octanol–water partition coefficient (Wildman–Crippen LogP) is 4.07. The summed E-state index contributed by atoms with van der Waals surface area (Å²) in [5.41, 5.74) is 5.24. The normalized spacial score (nSPS) is 14.9. The van der Waals surface area contributed by atoms with Gasteiger partial charge in [0.1, 0.15) is 0 Å². The van der Waals surface area contributed by atoms with Gasteiger partial charge in [-0.25, -0.2) is 4.98 Å². The number of aromatic nitrogens is 1. The van der Waals surface area contributed by atoms with E-state index >= 15 is 0 Å². The third-order valence-corrected chi connectivity index (χ3v) is 6.49. The Labute approximate surface area is 170 Å². The molecule has 0 spiro atoms. The summed E-state index contributed by atoms with van der Waals surface area (Å²) in [6.07, 6.45) is 14.0. The quantitative estimate of drug-likeness (QED) is 0.490. The van der Waals surface area contributed by atoms with Crippen LogP contribution in [0.25, 0.3) is 57.1 Å². The summed E-state index contributed by atoms with van der Waals surface area (Å²) < 4.78 is 0. The molecule has 0 bridgehead atoms. The Bertz CT molecular complexity index is 1550. The van der Waals surface area contributed by atoms with Gasteiger partial charge >= 0.3 is 0 Å². The van der Waals surface area contributed by atoms with Gasteiger partial charge in [0.05, 0.1) is 10.9 Å². The molecule has 0 radical (unpaired) electrons. The third kappa shape index (κ3) is 2.43. The number of benzene rings is 3. The average Bonchev–Trinajstić information content (AvgIpc) is 2.79. The molecule has 0 aliphatic heterocycles. The fourth-order valence-electron chi connectivity index (χ4n) is 5.18. The van der Waals surface area contributed by atoms with Crippen molar-refractivity contribution in [3.63, 3.8) is 0 Å². The fourth-order valence-corrected chi connectivity index (χ4v) is 5.18. The van der Waals surface area contributed by atoms with E-state index in [1.165, 1.54) is 48.5 Å². The number of pyridine rings is 1. The first-order chi connectivity index (χ1) is 14.3. The Morgan fingerprint density at radius 2 is 1.17 bits per heavy atom. The van der Waals surface area contributed by atoms with Crippen molar-refractivity contribution >= 4 is 46.0 Å². The highest BCUT2D eigenvalue weighted by molar-refractivity contribution is 6.06. The van der Waals surface area contributed by atoms with Gasteiger partial charge in [-0.15, -0.1) is 0 Å². The minimum Gasteiger partial charge on any atom is -0.248 e. The second kappa shape index (κ2) is 6.42. The molecule has 0 saturated carbocycles. The molecule has 0 saturated heterocycles. The van der Waals surface area contributed by atoms with Crippen LogP contribution < -0.4 is 21.0 Å². The minimum absolute atomic E-state index is 1.07. The number of hydrogen-bond donors (Lipinski definition) is 0. The van der Waals surface area contributed by atoms with E-state index in [0.29, 0.717) is 0 Å². The van der Waals surface area contributed by atoms with E-state index in [1.54, 1.807) is 0 Å². The molecule has 0 unspecified atom stereocenters. The molecular weight excluding hydrogens is 350 g/mol. The van der Waals surface area contributed by atoms with Crippen molar-refractivity contribution in [1.29, 1.82) is 0 Å². The Balaban J connectivity index is 1.96. The smallest absolute Gasteiger partial charge is 0.0715 e. The topological polar surface area (TPSA) is 12.9 Å². The molecule has 140 valence electrons. The lowest BCUT2D eigenvalue weighted by atomic mass is 9.86. The minimum atomic E-state index is 1.07. The van der Waals surface area contributed by atoms with Gasteiger partial charge < -0.3 is 0 Å². The van der Waals surface area contributed by atoms with Crippen molar-refractivity contribution in [3.05, 3.63) is 75.1 Å². The maximum Gasteiger partial charge on any atom is 0.0715 e. The number of para-hydroxylation sites is 1. The molecule has 1 heteroatoms. The van der Waals surface area contributed by atoms with Crippen LogP contribution in [0.4, 0.5) is 0 Å². The van der Waals surface area contributed by atoms with Crippen molar-refractivity contribution in [3.8, 4) is 11.1 Å². The average molecular weight is 373 g/mol. The largest absolute Gasteiger partial charge is 0.248 e. The number of nitrogens with zero attached hydrogens (tertiary/aromatic N) is 1. The van der Waals surface area contributed by atoms with E-state index in [-0.39, 0.29) is 0 Å².